The Labute approximate surface area is 227 Å². The lowest BCUT2D eigenvalue weighted by Crippen LogP contribution is -2.11. The summed E-state index contributed by atoms with van der Waals surface area (Å²) in [5.74, 6) is 0. The molecule has 0 aliphatic rings. The maximum Gasteiger partial charge on any atom is 0.416 e. The smallest absolute Gasteiger partial charge is 0.361 e. The van der Waals surface area contributed by atoms with E-state index >= 15 is 0 Å². The van der Waals surface area contributed by atoms with Crippen LogP contribution in [-0.4, -0.2) is 14.5 Å². The molecule has 0 amide bonds. The van der Waals surface area contributed by atoms with Gasteiger partial charge in [-0.25, -0.2) is 9.97 Å². The molecular formula is C30H23F3N4OS. The molecule has 5 aromatic rings. The highest BCUT2D eigenvalue weighted by Crippen LogP contribution is 2.35. The van der Waals surface area contributed by atoms with E-state index in [-0.39, 0.29) is 6.61 Å². The quantitative estimate of drug-likeness (QED) is 0.210. The summed E-state index contributed by atoms with van der Waals surface area (Å²) < 4.78 is 47.0. The molecule has 5 rings (SSSR count). The van der Waals surface area contributed by atoms with Crippen molar-refractivity contribution in [1.29, 1.82) is 5.26 Å². The number of aryl methyl sites for hydroxylation is 2. The number of hydrogen-bond donors (Lipinski definition) is 0. The van der Waals surface area contributed by atoms with Gasteiger partial charge in [-0.2, -0.15) is 18.4 Å². The maximum absolute atomic E-state index is 12.9. The van der Waals surface area contributed by atoms with Crippen molar-refractivity contribution in [3.8, 4) is 27.8 Å². The standard InChI is InChI=1S/C30H23F3N4OS/c1-19-5-3-4-6-25(19)26-13-21(7-8-22(26)14-34)28(27-15-35-18-37(27)2)38-16-24-17-39-29(36-24)20-9-11-23(12-10-20)30(31,32)33/h3-13,15,17-18,28H,16H2,1-2H3. The van der Waals surface area contributed by atoms with E-state index in [0.29, 0.717) is 21.8 Å². The molecule has 0 spiro atoms. The number of alkyl halides is 3. The van der Waals surface area contributed by atoms with Gasteiger partial charge in [0.1, 0.15) is 11.1 Å². The van der Waals surface area contributed by atoms with Gasteiger partial charge < -0.3 is 9.30 Å². The first-order valence-electron chi connectivity index (χ1n) is 12.0. The maximum atomic E-state index is 12.9. The van der Waals surface area contributed by atoms with Crippen molar-refractivity contribution in [2.24, 2.45) is 7.05 Å². The lowest BCUT2D eigenvalue weighted by atomic mass is 9.93. The minimum atomic E-state index is -4.38. The van der Waals surface area contributed by atoms with E-state index in [9.17, 15) is 18.4 Å². The second-order valence-corrected chi connectivity index (χ2v) is 9.93. The van der Waals surface area contributed by atoms with Crippen molar-refractivity contribution in [2.45, 2.75) is 25.8 Å². The van der Waals surface area contributed by atoms with E-state index in [1.54, 1.807) is 18.6 Å². The molecule has 0 radical (unpaired) electrons. The molecule has 9 heteroatoms. The van der Waals surface area contributed by atoms with Crippen LogP contribution in [0.2, 0.25) is 0 Å². The van der Waals surface area contributed by atoms with Gasteiger partial charge in [-0.3, -0.25) is 0 Å². The van der Waals surface area contributed by atoms with Gasteiger partial charge in [0, 0.05) is 23.6 Å². The summed E-state index contributed by atoms with van der Waals surface area (Å²) in [6.45, 7) is 2.18. The number of imidazole rings is 1. The zero-order valence-corrected chi connectivity index (χ0v) is 21.9. The van der Waals surface area contributed by atoms with Crippen molar-refractivity contribution in [1.82, 2.24) is 14.5 Å². The van der Waals surface area contributed by atoms with E-state index in [1.165, 1.54) is 23.5 Å². The van der Waals surface area contributed by atoms with Gasteiger partial charge in [0.15, 0.2) is 0 Å². The summed E-state index contributed by atoms with van der Waals surface area (Å²) in [6.07, 6.45) is -1.44. The number of hydrogen-bond acceptors (Lipinski definition) is 5. The normalized spacial score (nSPS) is 12.3. The first-order chi connectivity index (χ1) is 18.7. The molecule has 1 unspecified atom stereocenters. The third-order valence-electron chi connectivity index (χ3n) is 6.43. The van der Waals surface area contributed by atoms with Gasteiger partial charge in [-0.15, -0.1) is 11.3 Å². The van der Waals surface area contributed by atoms with Crippen LogP contribution in [-0.2, 0) is 24.6 Å². The average molecular weight is 545 g/mol. The number of aromatic nitrogens is 3. The van der Waals surface area contributed by atoms with Crippen LogP contribution in [0, 0.1) is 18.3 Å². The predicted octanol–water partition coefficient (Wildman–Crippen LogP) is 7.72. The van der Waals surface area contributed by atoms with E-state index in [2.05, 4.69) is 16.0 Å². The first kappa shape index (κ1) is 26.4. The molecule has 2 aromatic heterocycles. The van der Waals surface area contributed by atoms with Gasteiger partial charge in [0.2, 0.25) is 0 Å². The number of thiazole rings is 1. The molecule has 0 aliphatic carbocycles. The van der Waals surface area contributed by atoms with E-state index in [0.717, 1.165) is 40.1 Å². The Kier molecular flexibility index (Phi) is 7.33. The second-order valence-electron chi connectivity index (χ2n) is 9.07. The number of ether oxygens (including phenoxy) is 1. The molecule has 1 atom stereocenters. The highest BCUT2D eigenvalue weighted by Gasteiger charge is 2.30. The zero-order valence-electron chi connectivity index (χ0n) is 21.1. The van der Waals surface area contributed by atoms with Crippen LogP contribution < -0.4 is 0 Å². The fourth-order valence-corrected chi connectivity index (χ4v) is 5.18. The molecule has 196 valence electrons. The molecule has 2 heterocycles. The Morgan fingerprint density at radius 1 is 1.05 bits per heavy atom. The summed E-state index contributed by atoms with van der Waals surface area (Å²) in [5.41, 5.74) is 5.68. The SMILES string of the molecule is Cc1ccccc1-c1cc(C(OCc2csc(-c3ccc(C(F)(F)F)cc3)n2)c2cncn2C)ccc1C#N. The van der Waals surface area contributed by atoms with Crippen LogP contribution in [0.5, 0.6) is 0 Å². The molecule has 3 aromatic carbocycles. The number of benzene rings is 3. The molecule has 0 fully saturated rings. The van der Waals surface area contributed by atoms with Crippen molar-refractivity contribution >= 4 is 11.3 Å². The van der Waals surface area contributed by atoms with E-state index in [4.69, 9.17) is 4.74 Å². The van der Waals surface area contributed by atoms with Crippen LogP contribution in [0.25, 0.3) is 21.7 Å². The van der Waals surface area contributed by atoms with Crippen LogP contribution in [0.3, 0.4) is 0 Å². The molecule has 0 aliphatic heterocycles. The molecule has 5 nitrogen and oxygen atoms in total. The summed E-state index contributed by atoms with van der Waals surface area (Å²) >= 11 is 1.34. The molecule has 0 bridgehead atoms. The van der Waals surface area contributed by atoms with Gasteiger partial charge in [-0.05, 0) is 47.9 Å². The zero-order chi connectivity index (χ0) is 27.6. The topological polar surface area (TPSA) is 63.7 Å². The first-order valence-corrected chi connectivity index (χ1v) is 12.9. The molecule has 39 heavy (non-hydrogen) atoms. The Balaban J connectivity index is 1.43. The monoisotopic (exact) mass is 544 g/mol. The van der Waals surface area contributed by atoms with Crippen LogP contribution in [0.15, 0.2) is 84.6 Å². The Morgan fingerprint density at radius 2 is 1.82 bits per heavy atom. The summed E-state index contributed by atoms with van der Waals surface area (Å²) in [4.78, 5) is 8.85. The Bertz CT molecular complexity index is 1650. The van der Waals surface area contributed by atoms with Gasteiger partial charge in [0.05, 0.1) is 47.7 Å². The van der Waals surface area contributed by atoms with Crippen LogP contribution in [0.1, 0.15) is 39.7 Å². The minimum Gasteiger partial charge on any atom is -0.361 e. The molecular weight excluding hydrogens is 521 g/mol. The minimum absolute atomic E-state index is 0.173. The van der Waals surface area contributed by atoms with Crippen molar-refractivity contribution in [3.05, 3.63) is 118 Å². The van der Waals surface area contributed by atoms with Crippen LogP contribution in [0.4, 0.5) is 13.2 Å². The highest BCUT2D eigenvalue weighted by molar-refractivity contribution is 7.13. The second kappa shape index (κ2) is 10.8. The summed E-state index contributed by atoms with van der Waals surface area (Å²) in [7, 11) is 1.89. The molecule has 0 N–H and O–H groups in total. The largest absolute Gasteiger partial charge is 0.416 e. The van der Waals surface area contributed by atoms with Gasteiger partial charge in [-0.1, -0.05) is 42.5 Å². The Hall–Kier alpha value is -4.26. The molecule has 0 saturated carbocycles. The van der Waals surface area contributed by atoms with Crippen molar-refractivity contribution in [2.75, 3.05) is 0 Å². The van der Waals surface area contributed by atoms with Gasteiger partial charge in [0.25, 0.3) is 0 Å². The van der Waals surface area contributed by atoms with Crippen molar-refractivity contribution in [3.63, 3.8) is 0 Å². The molecule has 0 saturated heterocycles. The Morgan fingerprint density at radius 3 is 2.49 bits per heavy atom. The lowest BCUT2D eigenvalue weighted by Gasteiger charge is -2.20. The third kappa shape index (κ3) is 5.62. The van der Waals surface area contributed by atoms with Gasteiger partial charge >= 0.3 is 6.18 Å². The highest BCUT2D eigenvalue weighted by atomic mass is 32.1. The fraction of sp³-hybridized carbons (Fsp3) is 0.167. The van der Waals surface area contributed by atoms with Crippen molar-refractivity contribution < 1.29 is 17.9 Å². The van der Waals surface area contributed by atoms with E-state index < -0.39 is 17.8 Å². The number of nitriles is 1. The number of nitrogens with zero attached hydrogens (tertiary/aromatic N) is 4. The lowest BCUT2D eigenvalue weighted by molar-refractivity contribution is -0.137. The third-order valence-corrected chi connectivity index (χ3v) is 7.37. The van der Waals surface area contributed by atoms with E-state index in [1.807, 2.05) is 60.3 Å². The average Bonchev–Trinajstić information content (AvgIpc) is 3.58. The number of halogens is 3. The summed E-state index contributed by atoms with van der Waals surface area (Å²) in [6, 6.07) is 20.8. The van der Waals surface area contributed by atoms with Crippen LogP contribution >= 0.6 is 11.3 Å². The predicted molar refractivity (Wildman–Crippen MR) is 144 cm³/mol. The fourth-order valence-electron chi connectivity index (χ4n) is 4.37. The summed E-state index contributed by atoms with van der Waals surface area (Å²) in [5, 5.41) is 12.2. The number of rotatable bonds is 7.